The van der Waals surface area contributed by atoms with Crippen molar-refractivity contribution in [2.75, 3.05) is 13.1 Å². The summed E-state index contributed by atoms with van der Waals surface area (Å²) in [5.74, 6) is 1.45. The van der Waals surface area contributed by atoms with Crippen LogP contribution in [-0.4, -0.2) is 25.2 Å². The summed E-state index contributed by atoms with van der Waals surface area (Å²) >= 11 is 0. The highest BCUT2D eigenvalue weighted by Crippen LogP contribution is 2.31. The van der Waals surface area contributed by atoms with E-state index in [0.29, 0.717) is 5.92 Å². The number of rotatable bonds is 5. The number of hydrogen-bond donors (Lipinski definition) is 2. The van der Waals surface area contributed by atoms with E-state index in [1.54, 1.807) is 0 Å². The van der Waals surface area contributed by atoms with Crippen LogP contribution in [0.2, 0.25) is 0 Å². The molecule has 1 aliphatic carbocycles. The van der Waals surface area contributed by atoms with Gasteiger partial charge in [-0.15, -0.1) is 0 Å². The van der Waals surface area contributed by atoms with Crippen LogP contribution in [0, 0.1) is 5.92 Å². The molecule has 4 atom stereocenters. The third kappa shape index (κ3) is 3.87. The molecule has 1 heterocycles. The van der Waals surface area contributed by atoms with Gasteiger partial charge in [-0.3, -0.25) is 0 Å². The van der Waals surface area contributed by atoms with E-state index in [4.69, 9.17) is 0 Å². The second-order valence-electron chi connectivity index (χ2n) is 6.98. The molecule has 2 heteroatoms. The van der Waals surface area contributed by atoms with Crippen molar-refractivity contribution in [1.82, 2.24) is 10.6 Å². The van der Waals surface area contributed by atoms with Crippen LogP contribution < -0.4 is 10.6 Å². The summed E-state index contributed by atoms with van der Waals surface area (Å²) in [5.41, 5.74) is 1.45. The second-order valence-corrected chi connectivity index (χ2v) is 6.98. The average molecular weight is 286 g/mol. The Bertz CT molecular complexity index is 411. The van der Waals surface area contributed by atoms with Crippen LogP contribution in [0.4, 0.5) is 0 Å². The summed E-state index contributed by atoms with van der Waals surface area (Å²) in [4.78, 5) is 0. The van der Waals surface area contributed by atoms with Gasteiger partial charge < -0.3 is 10.6 Å². The van der Waals surface area contributed by atoms with Crippen LogP contribution >= 0.6 is 0 Å². The van der Waals surface area contributed by atoms with E-state index in [-0.39, 0.29) is 0 Å². The van der Waals surface area contributed by atoms with Gasteiger partial charge in [-0.05, 0) is 49.6 Å². The molecule has 1 aromatic rings. The summed E-state index contributed by atoms with van der Waals surface area (Å²) in [7, 11) is 0. The Morgan fingerprint density at radius 3 is 2.67 bits per heavy atom. The highest BCUT2D eigenvalue weighted by Gasteiger charge is 2.33. The molecule has 2 N–H and O–H groups in total. The predicted octanol–water partition coefficient (Wildman–Crippen LogP) is 3.69. The summed E-state index contributed by atoms with van der Waals surface area (Å²) in [6, 6.07) is 12.4. The molecule has 2 aliphatic rings. The maximum absolute atomic E-state index is 3.91. The first-order valence-electron chi connectivity index (χ1n) is 8.86. The molecule has 1 aromatic carbocycles. The largest absolute Gasteiger partial charge is 0.314 e. The highest BCUT2D eigenvalue weighted by atomic mass is 15.0. The molecule has 1 saturated heterocycles. The van der Waals surface area contributed by atoms with Gasteiger partial charge in [0, 0.05) is 18.6 Å². The molecular weight excluding hydrogens is 256 g/mol. The van der Waals surface area contributed by atoms with Crippen LogP contribution in [0.1, 0.15) is 56.9 Å². The molecular formula is C19H30N2. The first-order valence-corrected chi connectivity index (χ1v) is 8.86. The van der Waals surface area contributed by atoms with E-state index >= 15 is 0 Å². The fourth-order valence-corrected chi connectivity index (χ4v) is 4.20. The SMILES string of the molecule is CC(CNC1CCCCC1C1CCCN1)c1ccccc1. The van der Waals surface area contributed by atoms with Gasteiger partial charge in [-0.2, -0.15) is 0 Å². The molecule has 0 radical (unpaired) electrons. The highest BCUT2D eigenvalue weighted by molar-refractivity contribution is 5.19. The van der Waals surface area contributed by atoms with Crippen molar-refractivity contribution in [3.8, 4) is 0 Å². The second kappa shape index (κ2) is 7.42. The van der Waals surface area contributed by atoms with Crippen LogP contribution in [0.15, 0.2) is 30.3 Å². The van der Waals surface area contributed by atoms with Gasteiger partial charge in [0.2, 0.25) is 0 Å². The summed E-state index contributed by atoms with van der Waals surface area (Å²) < 4.78 is 0. The zero-order chi connectivity index (χ0) is 14.5. The molecule has 3 rings (SSSR count). The number of nitrogens with one attached hydrogen (secondary N) is 2. The third-order valence-corrected chi connectivity index (χ3v) is 5.49. The molecule has 1 saturated carbocycles. The lowest BCUT2D eigenvalue weighted by atomic mass is 9.79. The molecule has 116 valence electrons. The van der Waals surface area contributed by atoms with E-state index < -0.39 is 0 Å². The maximum Gasteiger partial charge on any atom is 0.0111 e. The topological polar surface area (TPSA) is 24.1 Å². The van der Waals surface area contributed by atoms with Crippen molar-refractivity contribution in [2.45, 2.75) is 63.5 Å². The van der Waals surface area contributed by atoms with Crippen molar-refractivity contribution < 1.29 is 0 Å². The van der Waals surface area contributed by atoms with Crippen molar-refractivity contribution in [3.63, 3.8) is 0 Å². The molecule has 0 spiro atoms. The number of benzene rings is 1. The minimum atomic E-state index is 0.602. The van der Waals surface area contributed by atoms with E-state index in [9.17, 15) is 0 Å². The molecule has 4 unspecified atom stereocenters. The first-order chi connectivity index (χ1) is 10.3. The molecule has 2 nitrogen and oxygen atoms in total. The molecule has 21 heavy (non-hydrogen) atoms. The van der Waals surface area contributed by atoms with Gasteiger partial charge >= 0.3 is 0 Å². The Morgan fingerprint density at radius 1 is 1.10 bits per heavy atom. The van der Waals surface area contributed by atoms with Crippen molar-refractivity contribution >= 4 is 0 Å². The van der Waals surface area contributed by atoms with Gasteiger partial charge in [0.25, 0.3) is 0 Å². The normalized spacial score (nSPS) is 31.2. The van der Waals surface area contributed by atoms with Gasteiger partial charge in [0.15, 0.2) is 0 Å². The Balaban J connectivity index is 1.54. The molecule has 1 aliphatic heterocycles. The summed E-state index contributed by atoms with van der Waals surface area (Å²) in [6.07, 6.45) is 8.36. The maximum atomic E-state index is 3.91. The van der Waals surface area contributed by atoms with Crippen molar-refractivity contribution in [1.29, 1.82) is 0 Å². The van der Waals surface area contributed by atoms with Crippen LogP contribution in [-0.2, 0) is 0 Å². The molecule has 0 aromatic heterocycles. The van der Waals surface area contributed by atoms with Gasteiger partial charge in [-0.1, -0.05) is 50.1 Å². The van der Waals surface area contributed by atoms with E-state index in [1.165, 1.54) is 50.6 Å². The zero-order valence-electron chi connectivity index (χ0n) is 13.4. The average Bonchev–Trinajstić information content (AvgIpc) is 3.08. The zero-order valence-corrected chi connectivity index (χ0v) is 13.4. The minimum Gasteiger partial charge on any atom is -0.314 e. The van der Waals surface area contributed by atoms with Crippen LogP contribution in [0.3, 0.4) is 0 Å². The van der Waals surface area contributed by atoms with Crippen LogP contribution in [0.5, 0.6) is 0 Å². The monoisotopic (exact) mass is 286 g/mol. The predicted molar refractivity (Wildman–Crippen MR) is 89.6 cm³/mol. The van der Waals surface area contributed by atoms with Gasteiger partial charge in [-0.25, -0.2) is 0 Å². The summed E-state index contributed by atoms with van der Waals surface area (Å²) in [6.45, 7) is 4.68. The lowest BCUT2D eigenvalue weighted by Gasteiger charge is -2.37. The lowest BCUT2D eigenvalue weighted by molar-refractivity contribution is 0.213. The Hall–Kier alpha value is -0.860. The van der Waals surface area contributed by atoms with Gasteiger partial charge in [0.1, 0.15) is 0 Å². The lowest BCUT2D eigenvalue weighted by Crippen LogP contribution is -2.47. The quantitative estimate of drug-likeness (QED) is 0.862. The van der Waals surface area contributed by atoms with E-state index in [2.05, 4.69) is 47.9 Å². The summed E-state index contributed by atoms with van der Waals surface area (Å²) in [5, 5.41) is 7.64. The van der Waals surface area contributed by atoms with E-state index in [0.717, 1.165) is 24.5 Å². The van der Waals surface area contributed by atoms with Crippen molar-refractivity contribution in [3.05, 3.63) is 35.9 Å². The number of hydrogen-bond acceptors (Lipinski definition) is 2. The van der Waals surface area contributed by atoms with Crippen molar-refractivity contribution in [2.24, 2.45) is 5.92 Å². The Labute approximate surface area is 129 Å². The van der Waals surface area contributed by atoms with Gasteiger partial charge in [0.05, 0.1) is 0 Å². The standard InChI is InChI=1S/C19H30N2/c1-15(16-8-3-2-4-9-16)14-21-19-11-6-5-10-17(19)18-12-7-13-20-18/h2-4,8-9,15,17-21H,5-7,10-14H2,1H3. The van der Waals surface area contributed by atoms with E-state index in [1.807, 2.05) is 0 Å². The molecule has 2 fully saturated rings. The minimum absolute atomic E-state index is 0.602. The Kier molecular flexibility index (Phi) is 5.32. The Morgan fingerprint density at radius 2 is 1.90 bits per heavy atom. The smallest absolute Gasteiger partial charge is 0.0111 e. The fraction of sp³-hybridized carbons (Fsp3) is 0.684. The molecule has 0 bridgehead atoms. The third-order valence-electron chi connectivity index (χ3n) is 5.49. The van der Waals surface area contributed by atoms with Crippen LogP contribution in [0.25, 0.3) is 0 Å². The fourth-order valence-electron chi connectivity index (χ4n) is 4.20. The molecule has 0 amide bonds. The first kappa shape index (κ1) is 15.1.